The van der Waals surface area contributed by atoms with Crippen LogP contribution in [-0.2, 0) is 6.42 Å². The highest BCUT2D eigenvalue weighted by Crippen LogP contribution is 2.16. The third kappa shape index (κ3) is 3.81. The average molecular weight is 276 g/mol. The molecule has 4 nitrogen and oxygen atoms in total. The first-order valence-electron chi connectivity index (χ1n) is 7.28. The second kappa shape index (κ2) is 6.86. The Kier molecular flexibility index (Phi) is 5.15. The van der Waals surface area contributed by atoms with E-state index in [1.165, 1.54) is 12.8 Å². The summed E-state index contributed by atoms with van der Waals surface area (Å²) in [5.41, 5.74) is 1.36. The van der Waals surface area contributed by atoms with Gasteiger partial charge in [-0.3, -0.25) is 0 Å². The van der Waals surface area contributed by atoms with Gasteiger partial charge in [-0.2, -0.15) is 0 Å². The monoisotopic (exact) mass is 276 g/mol. The number of likely N-dealkylation sites (tertiary alicyclic amines) is 1. The van der Waals surface area contributed by atoms with Gasteiger partial charge in [-0.25, -0.2) is 4.79 Å². The Morgan fingerprint density at radius 1 is 1.35 bits per heavy atom. The van der Waals surface area contributed by atoms with Crippen molar-refractivity contribution in [3.8, 4) is 0 Å². The Hall–Kier alpha value is -1.39. The molecule has 1 aromatic carbocycles. The molecule has 0 saturated carbocycles. The van der Waals surface area contributed by atoms with Crippen molar-refractivity contribution in [2.24, 2.45) is 0 Å². The summed E-state index contributed by atoms with van der Waals surface area (Å²) in [6.07, 6.45) is 3.20. The van der Waals surface area contributed by atoms with Crippen LogP contribution in [0.5, 0.6) is 0 Å². The van der Waals surface area contributed by atoms with E-state index in [0.29, 0.717) is 11.6 Å². The van der Waals surface area contributed by atoms with Crippen LogP contribution in [0.1, 0.15) is 28.8 Å². The number of likely N-dealkylation sites (N-methyl/N-ethyl adjacent to an activating group) is 1. The second-order valence-corrected chi connectivity index (χ2v) is 5.73. The lowest BCUT2D eigenvalue weighted by Crippen LogP contribution is -2.42. The van der Waals surface area contributed by atoms with Crippen LogP contribution in [0.25, 0.3) is 0 Å². The second-order valence-electron chi connectivity index (χ2n) is 5.73. The smallest absolute Gasteiger partial charge is 0.335 e. The van der Waals surface area contributed by atoms with E-state index >= 15 is 0 Å². The number of aromatic carboxylic acids is 1. The number of hydrogen-bond donors (Lipinski definition) is 1. The summed E-state index contributed by atoms with van der Waals surface area (Å²) in [5, 5.41) is 9.19. The Bertz CT molecular complexity index is 454. The molecule has 0 aliphatic carbocycles. The minimum Gasteiger partial charge on any atom is -0.478 e. The highest BCUT2D eigenvalue weighted by molar-refractivity contribution is 5.89. The van der Waals surface area contributed by atoms with E-state index < -0.39 is 5.97 Å². The molecule has 2 rings (SSSR count). The molecule has 1 N–H and O–H groups in total. The van der Waals surface area contributed by atoms with E-state index in [4.69, 9.17) is 0 Å². The normalized spacial score (nSPS) is 17.6. The fourth-order valence-electron chi connectivity index (χ4n) is 2.86. The van der Waals surface area contributed by atoms with E-state index in [-0.39, 0.29) is 0 Å². The zero-order chi connectivity index (χ0) is 14.5. The molecule has 0 atom stereocenters. The third-order valence-corrected chi connectivity index (χ3v) is 4.29. The fourth-order valence-corrected chi connectivity index (χ4v) is 2.86. The molecule has 4 heteroatoms. The Labute approximate surface area is 121 Å². The van der Waals surface area contributed by atoms with Crippen molar-refractivity contribution in [2.45, 2.75) is 25.3 Å². The van der Waals surface area contributed by atoms with Crippen molar-refractivity contribution in [2.75, 3.05) is 33.7 Å². The van der Waals surface area contributed by atoms with Gasteiger partial charge in [-0.05, 0) is 58.1 Å². The molecule has 0 aromatic heterocycles. The molecule has 1 aliphatic heterocycles. The van der Waals surface area contributed by atoms with Crippen LogP contribution in [0.2, 0.25) is 0 Å². The minimum absolute atomic E-state index is 0.435. The summed E-state index contributed by atoms with van der Waals surface area (Å²) in [5.74, 6) is -0.831. The largest absolute Gasteiger partial charge is 0.478 e. The number of piperidine rings is 1. The van der Waals surface area contributed by atoms with Gasteiger partial charge in [-0.1, -0.05) is 18.2 Å². The molecule has 20 heavy (non-hydrogen) atoms. The lowest BCUT2D eigenvalue weighted by molar-refractivity contribution is 0.0695. The number of nitrogens with zero attached hydrogens (tertiary/aromatic N) is 2. The summed E-state index contributed by atoms with van der Waals surface area (Å²) in [7, 11) is 4.32. The topological polar surface area (TPSA) is 43.8 Å². The summed E-state index contributed by atoms with van der Waals surface area (Å²) in [6, 6.07) is 7.94. The molecular weight excluding hydrogens is 252 g/mol. The van der Waals surface area contributed by atoms with Crippen molar-refractivity contribution in [3.05, 3.63) is 35.4 Å². The molecule has 0 spiro atoms. The van der Waals surface area contributed by atoms with Crippen LogP contribution >= 0.6 is 0 Å². The number of carbonyl (C=O) groups is 1. The van der Waals surface area contributed by atoms with Gasteiger partial charge in [0, 0.05) is 12.6 Å². The lowest BCUT2D eigenvalue weighted by atomic mass is 10.0. The molecular formula is C16H24N2O2. The Morgan fingerprint density at radius 2 is 2.00 bits per heavy atom. The average Bonchev–Trinajstić information content (AvgIpc) is 2.45. The molecule has 0 amide bonds. The van der Waals surface area contributed by atoms with Gasteiger partial charge in [0.15, 0.2) is 0 Å². The highest BCUT2D eigenvalue weighted by atomic mass is 16.4. The van der Waals surface area contributed by atoms with E-state index in [9.17, 15) is 9.90 Å². The molecule has 1 saturated heterocycles. The summed E-state index contributed by atoms with van der Waals surface area (Å²) in [6.45, 7) is 3.22. The number of carboxylic acid groups (broad SMARTS) is 1. The highest BCUT2D eigenvalue weighted by Gasteiger charge is 2.20. The van der Waals surface area contributed by atoms with Gasteiger partial charge >= 0.3 is 5.97 Å². The van der Waals surface area contributed by atoms with Crippen molar-refractivity contribution in [1.29, 1.82) is 0 Å². The van der Waals surface area contributed by atoms with Gasteiger partial charge in [0.2, 0.25) is 0 Å². The van der Waals surface area contributed by atoms with E-state index in [1.54, 1.807) is 12.1 Å². The summed E-state index contributed by atoms with van der Waals surface area (Å²) >= 11 is 0. The maximum absolute atomic E-state index is 11.2. The molecule has 0 unspecified atom stereocenters. The fraction of sp³-hybridized carbons (Fsp3) is 0.562. The van der Waals surface area contributed by atoms with E-state index in [1.807, 2.05) is 12.1 Å². The maximum atomic E-state index is 11.2. The zero-order valence-electron chi connectivity index (χ0n) is 12.4. The Balaban J connectivity index is 1.90. The van der Waals surface area contributed by atoms with Crippen LogP contribution in [0.4, 0.5) is 0 Å². The number of carboxylic acids is 1. The van der Waals surface area contributed by atoms with Crippen LogP contribution in [0, 0.1) is 0 Å². The predicted octanol–water partition coefficient (Wildman–Crippen LogP) is 1.95. The van der Waals surface area contributed by atoms with Crippen LogP contribution in [0.3, 0.4) is 0 Å². The van der Waals surface area contributed by atoms with Crippen LogP contribution in [0.15, 0.2) is 24.3 Å². The van der Waals surface area contributed by atoms with Gasteiger partial charge in [0.25, 0.3) is 0 Å². The van der Waals surface area contributed by atoms with Crippen molar-refractivity contribution in [3.63, 3.8) is 0 Å². The standard InChI is InChI=1S/C16H24N2O2/c1-17-10-8-14(9-11-17)18(2)12-7-13-5-3-4-6-15(13)16(19)20/h3-6,14H,7-12H2,1-2H3,(H,19,20). The van der Waals surface area contributed by atoms with Gasteiger partial charge in [0.1, 0.15) is 0 Å². The molecule has 0 bridgehead atoms. The van der Waals surface area contributed by atoms with Crippen molar-refractivity contribution >= 4 is 5.97 Å². The molecule has 1 aliphatic rings. The first-order chi connectivity index (χ1) is 9.58. The van der Waals surface area contributed by atoms with Gasteiger partial charge < -0.3 is 14.9 Å². The minimum atomic E-state index is -0.831. The number of hydrogen-bond acceptors (Lipinski definition) is 3. The Morgan fingerprint density at radius 3 is 2.65 bits per heavy atom. The zero-order valence-corrected chi connectivity index (χ0v) is 12.4. The molecule has 1 aromatic rings. The van der Waals surface area contributed by atoms with E-state index in [2.05, 4.69) is 23.9 Å². The number of benzene rings is 1. The van der Waals surface area contributed by atoms with Gasteiger partial charge in [-0.15, -0.1) is 0 Å². The van der Waals surface area contributed by atoms with Crippen LogP contribution < -0.4 is 0 Å². The summed E-state index contributed by atoms with van der Waals surface area (Å²) < 4.78 is 0. The van der Waals surface area contributed by atoms with Gasteiger partial charge in [0.05, 0.1) is 5.56 Å². The molecule has 1 heterocycles. The quantitative estimate of drug-likeness (QED) is 0.893. The molecule has 1 fully saturated rings. The maximum Gasteiger partial charge on any atom is 0.335 e. The molecule has 110 valence electrons. The SMILES string of the molecule is CN1CCC(N(C)CCc2ccccc2C(=O)O)CC1. The summed E-state index contributed by atoms with van der Waals surface area (Å²) in [4.78, 5) is 15.9. The van der Waals surface area contributed by atoms with E-state index in [0.717, 1.165) is 31.6 Å². The lowest BCUT2D eigenvalue weighted by Gasteiger charge is -2.35. The van der Waals surface area contributed by atoms with Crippen molar-refractivity contribution < 1.29 is 9.90 Å². The number of rotatable bonds is 5. The van der Waals surface area contributed by atoms with Crippen LogP contribution in [-0.4, -0.2) is 60.6 Å². The first-order valence-corrected chi connectivity index (χ1v) is 7.28. The first kappa shape index (κ1) is 15.0. The predicted molar refractivity (Wildman–Crippen MR) is 80.3 cm³/mol. The molecule has 0 radical (unpaired) electrons. The third-order valence-electron chi connectivity index (χ3n) is 4.29. The van der Waals surface area contributed by atoms with Crippen molar-refractivity contribution in [1.82, 2.24) is 9.80 Å².